The molecule has 1 atom stereocenters. The van der Waals surface area contributed by atoms with Gasteiger partial charge in [-0.3, -0.25) is 15.0 Å². The summed E-state index contributed by atoms with van der Waals surface area (Å²) in [5, 5.41) is 10.8. The van der Waals surface area contributed by atoms with E-state index >= 15 is 0 Å². The fourth-order valence-electron chi connectivity index (χ4n) is 3.46. The lowest BCUT2D eigenvalue weighted by atomic mass is 10.0. The van der Waals surface area contributed by atoms with Gasteiger partial charge in [-0.1, -0.05) is 0 Å². The summed E-state index contributed by atoms with van der Waals surface area (Å²) in [6.07, 6.45) is 2.45. The van der Waals surface area contributed by atoms with Gasteiger partial charge >= 0.3 is 0 Å². The van der Waals surface area contributed by atoms with Crippen LogP contribution in [-0.4, -0.2) is 67.1 Å². The minimum Gasteiger partial charge on any atom is -0.370 e. The fourth-order valence-corrected chi connectivity index (χ4v) is 3.46. The second-order valence-corrected chi connectivity index (χ2v) is 6.35. The van der Waals surface area contributed by atoms with Crippen LogP contribution in [0.2, 0.25) is 0 Å². The Balaban J connectivity index is 1.63. The summed E-state index contributed by atoms with van der Waals surface area (Å²) in [6.45, 7) is 6.66. The Bertz CT molecular complexity index is 511. The molecule has 1 aromatic rings. The molecule has 120 valence electrons. The summed E-state index contributed by atoms with van der Waals surface area (Å²) in [4.78, 5) is 17.8. The van der Waals surface area contributed by atoms with Crippen LogP contribution in [-0.2, 0) is 0 Å². The van der Waals surface area contributed by atoms with Crippen molar-refractivity contribution in [2.24, 2.45) is 0 Å². The molecule has 22 heavy (non-hydrogen) atoms. The van der Waals surface area contributed by atoms with E-state index in [2.05, 4.69) is 21.7 Å². The molecule has 0 saturated carbocycles. The zero-order chi connectivity index (χ0) is 15.5. The van der Waals surface area contributed by atoms with E-state index in [1.54, 1.807) is 12.1 Å². The summed E-state index contributed by atoms with van der Waals surface area (Å²) in [5.74, 6) is 0. The lowest BCUT2D eigenvalue weighted by molar-refractivity contribution is -0.384. The van der Waals surface area contributed by atoms with Gasteiger partial charge in [0.1, 0.15) is 0 Å². The van der Waals surface area contributed by atoms with Gasteiger partial charge in [0.15, 0.2) is 0 Å². The van der Waals surface area contributed by atoms with E-state index in [4.69, 9.17) is 0 Å². The van der Waals surface area contributed by atoms with Crippen molar-refractivity contribution < 1.29 is 4.92 Å². The number of anilines is 1. The molecule has 2 fully saturated rings. The summed E-state index contributed by atoms with van der Waals surface area (Å²) >= 11 is 0. The zero-order valence-corrected chi connectivity index (χ0v) is 13.1. The molecule has 0 amide bonds. The van der Waals surface area contributed by atoms with Crippen molar-refractivity contribution in [1.29, 1.82) is 0 Å². The quantitative estimate of drug-likeness (QED) is 0.630. The number of piperazine rings is 1. The lowest BCUT2D eigenvalue weighted by Crippen LogP contribution is -2.54. The molecule has 2 saturated heterocycles. The van der Waals surface area contributed by atoms with E-state index in [1.807, 2.05) is 12.1 Å². The lowest BCUT2D eigenvalue weighted by Gasteiger charge is -2.43. The number of likely N-dealkylation sites (N-methyl/N-ethyl adjacent to an activating group) is 1. The van der Waals surface area contributed by atoms with Crippen LogP contribution in [0.5, 0.6) is 0 Å². The maximum atomic E-state index is 10.8. The molecule has 2 heterocycles. The number of benzene rings is 1. The van der Waals surface area contributed by atoms with E-state index in [9.17, 15) is 10.1 Å². The monoisotopic (exact) mass is 304 g/mol. The SMILES string of the molecule is CN1CCN(C2CCCN(c3ccc([N+](=O)[O-])cc3)C2)CC1. The van der Waals surface area contributed by atoms with Crippen LogP contribution in [0.3, 0.4) is 0 Å². The smallest absolute Gasteiger partial charge is 0.269 e. The van der Waals surface area contributed by atoms with Gasteiger partial charge in [-0.2, -0.15) is 0 Å². The van der Waals surface area contributed by atoms with Crippen LogP contribution in [0.15, 0.2) is 24.3 Å². The molecule has 1 aromatic carbocycles. The van der Waals surface area contributed by atoms with Gasteiger partial charge in [-0.25, -0.2) is 0 Å². The van der Waals surface area contributed by atoms with E-state index in [0.29, 0.717) is 6.04 Å². The van der Waals surface area contributed by atoms with Crippen molar-refractivity contribution >= 4 is 11.4 Å². The first-order valence-electron chi connectivity index (χ1n) is 8.05. The molecule has 0 aromatic heterocycles. The van der Waals surface area contributed by atoms with Crippen molar-refractivity contribution in [1.82, 2.24) is 9.80 Å². The molecule has 6 heteroatoms. The number of hydrogen-bond acceptors (Lipinski definition) is 5. The Kier molecular flexibility index (Phi) is 4.59. The van der Waals surface area contributed by atoms with Crippen LogP contribution in [0, 0.1) is 10.1 Å². The highest BCUT2D eigenvalue weighted by Gasteiger charge is 2.27. The van der Waals surface area contributed by atoms with Gasteiger partial charge in [0.25, 0.3) is 5.69 Å². The Morgan fingerprint density at radius 2 is 1.77 bits per heavy atom. The molecule has 3 rings (SSSR count). The normalized spacial score (nSPS) is 24.4. The Morgan fingerprint density at radius 1 is 1.09 bits per heavy atom. The van der Waals surface area contributed by atoms with Crippen LogP contribution in [0.4, 0.5) is 11.4 Å². The van der Waals surface area contributed by atoms with Crippen LogP contribution in [0.25, 0.3) is 0 Å². The van der Waals surface area contributed by atoms with Gasteiger partial charge in [-0.05, 0) is 32.0 Å². The van der Waals surface area contributed by atoms with Crippen LogP contribution < -0.4 is 4.90 Å². The van der Waals surface area contributed by atoms with Gasteiger partial charge < -0.3 is 9.80 Å². The van der Waals surface area contributed by atoms with E-state index in [-0.39, 0.29) is 10.6 Å². The van der Waals surface area contributed by atoms with E-state index < -0.39 is 0 Å². The van der Waals surface area contributed by atoms with Crippen LogP contribution >= 0.6 is 0 Å². The van der Waals surface area contributed by atoms with Crippen molar-refractivity contribution in [3.05, 3.63) is 34.4 Å². The molecule has 0 radical (unpaired) electrons. The van der Waals surface area contributed by atoms with Crippen molar-refractivity contribution in [2.45, 2.75) is 18.9 Å². The topological polar surface area (TPSA) is 52.9 Å². The van der Waals surface area contributed by atoms with Gasteiger partial charge in [0, 0.05) is 63.1 Å². The Labute approximate surface area is 131 Å². The first-order valence-corrected chi connectivity index (χ1v) is 8.05. The van der Waals surface area contributed by atoms with E-state index in [1.165, 1.54) is 12.8 Å². The molecule has 6 nitrogen and oxygen atoms in total. The molecule has 0 N–H and O–H groups in total. The van der Waals surface area contributed by atoms with Crippen molar-refractivity contribution in [3.8, 4) is 0 Å². The first-order chi connectivity index (χ1) is 10.6. The number of non-ortho nitro benzene ring substituents is 1. The average molecular weight is 304 g/mol. The highest BCUT2D eigenvalue weighted by Crippen LogP contribution is 2.25. The van der Waals surface area contributed by atoms with Crippen LogP contribution in [0.1, 0.15) is 12.8 Å². The molecule has 1 unspecified atom stereocenters. The molecule has 2 aliphatic heterocycles. The van der Waals surface area contributed by atoms with Gasteiger partial charge in [0.2, 0.25) is 0 Å². The maximum Gasteiger partial charge on any atom is 0.269 e. The highest BCUT2D eigenvalue weighted by atomic mass is 16.6. The standard InChI is InChI=1S/C16H24N4O2/c1-17-9-11-18(12-10-17)16-3-2-8-19(13-16)14-4-6-15(7-5-14)20(21)22/h4-7,16H,2-3,8-13H2,1H3. The summed E-state index contributed by atoms with van der Waals surface area (Å²) in [6, 6.07) is 7.58. The number of rotatable bonds is 3. The van der Waals surface area contributed by atoms with E-state index in [0.717, 1.165) is 45.0 Å². The Morgan fingerprint density at radius 3 is 2.41 bits per heavy atom. The van der Waals surface area contributed by atoms with Crippen molar-refractivity contribution in [2.75, 3.05) is 51.2 Å². The predicted molar refractivity (Wildman–Crippen MR) is 87.4 cm³/mol. The third-order valence-corrected chi connectivity index (χ3v) is 4.88. The Hall–Kier alpha value is -1.66. The number of piperidine rings is 1. The van der Waals surface area contributed by atoms with Gasteiger partial charge in [0.05, 0.1) is 4.92 Å². The largest absolute Gasteiger partial charge is 0.370 e. The summed E-state index contributed by atoms with van der Waals surface area (Å²) in [7, 11) is 2.18. The molecular formula is C16H24N4O2. The second-order valence-electron chi connectivity index (χ2n) is 6.35. The summed E-state index contributed by atoms with van der Waals surface area (Å²) in [5.41, 5.74) is 1.26. The number of hydrogen-bond donors (Lipinski definition) is 0. The minimum absolute atomic E-state index is 0.163. The molecule has 0 aliphatic carbocycles. The minimum atomic E-state index is -0.340. The molecule has 0 spiro atoms. The molecule has 0 bridgehead atoms. The highest BCUT2D eigenvalue weighted by molar-refractivity contribution is 5.51. The first kappa shape index (κ1) is 15.2. The predicted octanol–water partition coefficient (Wildman–Crippen LogP) is 1.81. The maximum absolute atomic E-state index is 10.8. The third kappa shape index (κ3) is 3.39. The molecule has 2 aliphatic rings. The fraction of sp³-hybridized carbons (Fsp3) is 0.625. The summed E-state index contributed by atoms with van der Waals surface area (Å²) < 4.78 is 0. The number of nitro groups is 1. The van der Waals surface area contributed by atoms with Crippen molar-refractivity contribution in [3.63, 3.8) is 0 Å². The number of nitrogens with zero attached hydrogens (tertiary/aromatic N) is 4. The molecular weight excluding hydrogens is 280 g/mol. The number of nitro benzene ring substituents is 1. The third-order valence-electron chi connectivity index (χ3n) is 4.88. The zero-order valence-electron chi connectivity index (χ0n) is 13.1. The second kappa shape index (κ2) is 6.62. The average Bonchev–Trinajstić information content (AvgIpc) is 2.56. The van der Waals surface area contributed by atoms with Gasteiger partial charge in [-0.15, -0.1) is 0 Å².